The summed E-state index contributed by atoms with van der Waals surface area (Å²) in [5.41, 5.74) is 1.72. The average molecular weight is 294 g/mol. The molecule has 20 heavy (non-hydrogen) atoms. The first-order valence-electron chi connectivity index (χ1n) is 7.44. The summed E-state index contributed by atoms with van der Waals surface area (Å²) in [4.78, 5) is 0. The van der Waals surface area contributed by atoms with Gasteiger partial charge in [-0.2, -0.15) is 0 Å². The van der Waals surface area contributed by atoms with Crippen LogP contribution in [-0.4, -0.2) is 20.2 Å². The Morgan fingerprint density at radius 2 is 1.55 bits per heavy atom. The van der Waals surface area contributed by atoms with Crippen molar-refractivity contribution in [2.24, 2.45) is 11.8 Å². The molecule has 2 saturated carbocycles. The van der Waals surface area contributed by atoms with Crippen molar-refractivity contribution in [2.45, 2.75) is 38.6 Å². The predicted molar refractivity (Wildman–Crippen MR) is 82.4 cm³/mol. The van der Waals surface area contributed by atoms with Gasteiger partial charge >= 0.3 is 0 Å². The quantitative estimate of drug-likeness (QED) is 0.812. The second-order valence-corrected chi connectivity index (χ2v) is 7.94. The van der Waals surface area contributed by atoms with Gasteiger partial charge in [-0.3, -0.25) is 4.72 Å². The van der Waals surface area contributed by atoms with Gasteiger partial charge in [-0.05, 0) is 68.7 Å². The van der Waals surface area contributed by atoms with Crippen LogP contribution >= 0.6 is 0 Å². The molecule has 3 rings (SSSR count). The van der Waals surface area contributed by atoms with Gasteiger partial charge in [-0.15, -0.1) is 0 Å². The predicted octanol–water partition coefficient (Wildman–Crippen LogP) is 3.05. The van der Waals surface area contributed by atoms with E-state index in [9.17, 15) is 8.42 Å². The Hall–Kier alpha value is -1.23. The molecular formula is C15H22N2O2S. The van der Waals surface area contributed by atoms with Crippen LogP contribution in [0.3, 0.4) is 0 Å². The van der Waals surface area contributed by atoms with Crippen LogP contribution in [0.5, 0.6) is 0 Å². The third-order valence-electron chi connectivity index (χ3n) is 4.13. The first kappa shape index (κ1) is 13.7. The van der Waals surface area contributed by atoms with E-state index in [1.165, 1.54) is 25.7 Å². The van der Waals surface area contributed by atoms with Crippen LogP contribution < -0.4 is 10.0 Å². The van der Waals surface area contributed by atoms with Crippen molar-refractivity contribution < 1.29 is 8.42 Å². The molecule has 0 radical (unpaired) electrons. The zero-order chi connectivity index (χ0) is 14.2. The third-order valence-corrected chi connectivity index (χ3v) is 5.44. The summed E-state index contributed by atoms with van der Waals surface area (Å²) in [6.07, 6.45) is 5.40. The van der Waals surface area contributed by atoms with Crippen molar-refractivity contribution in [3.8, 4) is 0 Å². The lowest BCUT2D eigenvalue weighted by Gasteiger charge is -2.19. The molecule has 0 heterocycles. The van der Waals surface area contributed by atoms with E-state index in [0.717, 1.165) is 17.5 Å². The van der Waals surface area contributed by atoms with Crippen LogP contribution in [-0.2, 0) is 10.0 Å². The van der Waals surface area contributed by atoms with Crippen LogP contribution in [0.25, 0.3) is 0 Å². The number of nitrogens with one attached hydrogen (secondary N) is 2. The molecule has 2 N–H and O–H groups in total. The number of rotatable bonds is 7. The Kier molecular flexibility index (Phi) is 3.63. The molecule has 0 unspecified atom stereocenters. The van der Waals surface area contributed by atoms with Gasteiger partial charge in [0, 0.05) is 17.4 Å². The van der Waals surface area contributed by atoms with Gasteiger partial charge in [0.1, 0.15) is 0 Å². The molecule has 0 aromatic heterocycles. The van der Waals surface area contributed by atoms with Gasteiger partial charge in [-0.25, -0.2) is 8.42 Å². The number of anilines is 2. The fourth-order valence-electron chi connectivity index (χ4n) is 2.61. The van der Waals surface area contributed by atoms with E-state index < -0.39 is 10.0 Å². The summed E-state index contributed by atoms with van der Waals surface area (Å²) in [6.45, 7) is 1.63. The van der Waals surface area contributed by atoms with E-state index in [0.29, 0.717) is 11.7 Å². The molecular weight excluding hydrogens is 272 g/mol. The normalized spacial score (nSPS) is 19.1. The smallest absolute Gasteiger partial charge is 0.232 e. The van der Waals surface area contributed by atoms with Crippen LogP contribution in [0.1, 0.15) is 32.6 Å². The Morgan fingerprint density at radius 1 is 1.05 bits per heavy atom. The Bertz CT molecular complexity index is 548. The minimum absolute atomic E-state index is 0.0957. The zero-order valence-corrected chi connectivity index (χ0v) is 12.6. The van der Waals surface area contributed by atoms with Gasteiger partial charge in [0.2, 0.25) is 10.0 Å². The van der Waals surface area contributed by atoms with Gasteiger partial charge in [0.05, 0.1) is 5.75 Å². The van der Waals surface area contributed by atoms with Crippen molar-refractivity contribution >= 4 is 21.4 Å². The summed E-state index contributed by atoms with van der Waals surface area (Å²) in [7, 11) is -3.19. The number of hydrogen-bond acceptors (Lipinski definition) is 3. The summed E-state index contributed by atoms with van der Waals surface area (Å²) in [5, 5.41) is 3.63. The molecule has 1 aromatic rings. The molecule has 0 spiro atoms. The number of sulfonamides is 1. The van der Waals surface area contributed by atoms with E-state index in [-0.39, 0.29) is 5.75 Å². The highest BCUT2D eigenvalue weighted by Gasteiger charge is 2.41. The van der Waals surface area contributed by atoms with E-state index in [1.807, 2.05) is 24.3 Å². The SMILES string of the molecule is CCS(=O)(=O)Nc1ccc(NC(C2CC2)C2CC2)cc1. The summed E-state index contributed by atoms with van der Waals surface area (Å²) in [5.74, 6) is 1.79. The molecule has 2 fully saturated rings. The third kappa shape index (κ3) is 3.45. The molecule has 0 atom stereocenters. The lowest BCUT2D eigenvalue weighted by Crippen LogP contribution is -2.24. The standard InChI is InChI=1S/C15H22N2O2S/c1-2-20(18,19)17-14-9-7-13(8-10-14)16-15(11-3-4-11)12-5-6-12/h7-12,15-17H,2-6H2,1H3. The average Bonchev–Trinajstić information content (AvgIpc) is 3.28. The van der Waals surface area contributed by atoms with E-state index in [4.69, 9.17) is 0 Å². The van der Waals surface area contributed by atoms with Crippen molar-refractivity contribution in [3.63, 3.8) is 0 Å². The van der Waals surface area contributed by atoms with Gasteiger partial charge in [-0.1, -0.05) is 0 Å². The highest BCUT2D eigenvalue weighted by atomic mass is 32.2. The van der Waals surface area contributed by atoms with Crippen LogP contribution in [0.2, 0.25) is 0 Å². The maximum Gasteiger partial charge on any atom is 0.232 e. The highest BCUT2D eigenvalue weighted by Crippen LogP contribution is 2.45. The molecule has 4 nitrogen and oxygen atoms in total. The molecule has 110 valence electrons. The van der Waals surface area contributed by atoms with Gasteiger partial charge < -0.3 is 5.32 Å². The fourth-order valence-corrected chi connectivity index (χ4v) is 3.25. The van der Waals surface area contributed by atoms with Crippen LogP contribution in [0.4, 0.5) is 11.4 Å². The Morgan fingerprint density at radius 3 is 2.00 bits per heavy atom. The largest absolute Gasteiger partial charge is 0.382 e. The maximum atomic E-state index is 11.5. The Balaban J connectivity index is 1.63. The van der Waals surface area contributed by atoms with Crippen molar-refractivity contribution in [1.29, 1.82) is 0 Å². The maximum absolute atomic E-state index is 11.5. The molecule has 0 saturated heterocycles. The lowest BCUT2D eigenvalue weighted by molar-refractivity contribution is 0.568. The van der Waals surface area contributed by atoms with Crippen molar-refractivity contribution in [2.75, 3.05) is 15.8 Å². The van der Waals surface area contributed by atoms with E-state index in [1.54, 1.807) is 6.92 Å². The minimum atomic E-state index is -3.19. The number of hydrogen-bond donors (Lipinski definition) is 2. The molecule has 1 aromatic carbocycles. The van der Waals surface area contributed by atoms with Crippen LogP contribution in [0.15, 0.2) is 24.3 Å². The van der Waals surface area contributed by atoms with Gasteiger partial charge in [0.15, 0.2) is 0 Å². The number of benzene rings is 1. The summed E-state index contributed by atoms with van der Waals surface area (Å²) in [6, 6.07) is 8.20. The minimum Gasteiger partial charge on any atom is -0.382 e. The Labute approximate surface area is 121 Å². The topological polar surface area (TPSA) is 58.2 Å². The molecule has 0 bridgehead atoms. The second kappa shape index (κ2) is 5.28. The van der Waals surface area contributed by atoms with Crippen molar-refractivity contribution in [3.05, 3.63) is 24.3 Å². The fraction of sp³-hybridized carbons (Fsp3) is 0.600. The first-order valence-corrected chi connectivity index (χ1v) is 9.10. The molecule has 5 heteroatoms. The summed E-state index contributed by atoms with van der Waals surface area (Å²) >= 11 is 0. The lowest BCUT2D eigenvalue weighted by atomic mass is 10.1. The monoisotopic (exact) mass is 294 g/mol. The van der Waals surface area contributed by atoms with Crippen LogP contribution in [0, 0.1) is 11.8 Å². The molecule has 0 amide bonds. The summed E-state index contributed by atoms with van der Waals surface area (Å²) < 4.78 is 25.6. The van der Waals surface area contributed by atoms with Crippen molar-refractivity contribution in [1.82, 2.24) is 0 Å². The molecule has 2 aliphatic rings. The van der Waals surface area contributed by atoms with E-state index >= 15 is 0 Å². The second-order valence-electron chi connectivity index (χ2n) is 5.93. The molecule has 2 aliphatic carbocycles. The zero-order valence-electron chi connectivity index (χ0n) is 11.8. The van der Waals surface area contributed by atoms with E-state index in [2.05, 4.69) is 10.0 Å². The highest BCUT2D eigenvalue weighted by molar-refractivity contribution is 7.92. The van der Waals surface area contributed by atoms with Gasteiger partial charge in [0.25, 0.3) is 0 Å². The first-order chi connectivity index (χ1) is 9.57. The molecule has 0 aliphatic heterocycles.